The van der Waals surface area contributed by atoms with Gasteiger partial charge in [-0.15, -0.1) is 0 Å². The predicted molar refractivity (Wildman–Crippen MR) is 92.4 cm³/mol. The summed E-state index contributed by atoms with van der Waals surface area (Å²) < 4.78 is 4.55. The van der Waals surface area contributed by atoms with Crippen LogP contribution in [0.5, 0.6) is 0 Å². The van der Waals surface area contributed by atoms with Gasteiger partial charge in [0.1, 0.15) is 7.11 Å². The van der Waals surface area contributed by atoms with Crippen LogP contribution in [0.25, 0.3) is 6.08 Å². The van der Waals surface area contributed by atoms with Gasteiger partial charge in [-0.1, -0.05) is 41.6 Å². The van der Waals surface area contributed by atoms with Crippen LogP contribution in [0.1, 0.15) is 42.4 Å². The largest absolute Gasteiger partial charge is 0.466 e. The first-order valence-corrected chi connectivity index (χ1v) is 7.89. The molecule has 0 amide bonds. The molecule has 0 heterocycles. The fourth-order valence-corrected chi connectivity index (χ4v) is 2.74. The fourth-order valence-electron chi connectivity index (χ4n) is 2.74. The van der Waals surface area contributed by atoms with Gasteiger partial charge >= 0.3 is 5.97 Å². The van der Waals surface area contributed by atoms with Gasteiger partial charge in [0.15, 0.2) is 0 Å². The number of esters is 1. The van der Waals surface area contributed by atoms with E-state index in [0.717, 1.165) is 37.8 Å². The summed E-state index contributed by atoms with van der Waals surface area (Å²) in [5.41, 5.74) is 4.75. The number of methoxy groups -OCH3 is 1. The smallest absolute Gasteiger partial charge is 0.330 e. The second-order valence-corrected chi connectivity index (χ2v) is 5.36. The van der Waals surface area contributed by atoms with Gasteiger partial charge in [-0.25, -0.2) is 4.79 Å². The Morgan fingerprint density at radius 1 is 1.22 bits per heavy atom. The summed E-state index contributed by atoms with van der Waals surface area (Å²) in [4.78, 5) is 16.0. The van der Waals surface area contributed by atoms with E-state index >= 15 is 0 Å². The lowest BCUT2D eigenvalue weighted by Crippen LogP contribution is -2.14. The lowest BCUT2D eigenvalue weighted by molar-refractivity contribution is -0.134. The van der Waals surface area contributed by atoms with E-state index in [1.165, 1.54) is 29.9 Å². The Labute approximate surface area is 137 Å². The van der Waals surface area contributed by atoms with Crippen LogP contribution < -0.4 is 0 Å². The summed E-state index contributed by atoms with van der Waals surface area (Å²) in [5, 5.41) is 4.19. The zero-order valence-corrected chi connectivity index (χ0v) is 13.7. The van der Waals surface area contributed by atoms with Gasteiger partial charge in [-0.05, 0) is 43.2 Å². The highest BCUT2D eigenvalue weighted by Gasteiger charge is 2.18. The Kier molecular flexibility index (Phi) is 6.60. The van der Waals surface area contributed by atoms with Gasteiger partial charge in [0.2, 0.25) is 0 Å². The number of ether oxygens (including phenoxy) is 1. The van der Waals surface area contributed by atoms with Gasteiger partial charge in [0.05, 0.1) is 12.8 Å². The molecule has 2 rings (SSSR count). The summed E-state index contributed by atoms with van der Waals surface area (Å²) >= 11 is 0. The molecule has 122 valence electrons. The molecule has 0 saturated carbocycles. The molecule has 1 aliphatic carbocycles. The average Bonchev–Trinajstić information content (AvgIpc) is 2.58. The van der Waals surface area contributed by atoms with E-state index in [0.29, 0.717) is 0 Å². The molecule has 0 unspecified atom stereocenters. The lowest BCUT2D eigenvalue weighted by Gasteiger charge is -2.19. The van der Waals surface area contributed by atoms with Crippen molar-refractivity contribution in [3.63, 3.8) is 0 Å². The minimum absolute atomic E-state index is 0.313. The maximum Gasteiger partial charge on any atom is 0.330 e. The van der Waals surface area contributed by atoms with Crippen molar-refractivity contribution < 1.29 is 14.4 Å². The molecule has 4 heteroatoms. The van der Waals surface area contributed by atoms with E-state index in [1.54, 1.807) is 7.11 Å². The summed E-state index contributed by atoms with van der Waals surface area (Å²) in [6, 6.07) is 6.36. The first-order valence-electron chi connectivity index (χ1n) is 7.89. The molecular formula is C19H23NO3. The Hall–Kier alpha value is -2.36. The topological polar surface area (TPSA) is 47.9 Å². The standard InChI is InChI=1S/C19H23NO3/c1-22-18(21)14-6-4-3-5-9-15-10-7-11-16-12-8-13-17(19(15)16)20-23-2/h5-7,9-11,14H,3-4,8,12-13H2,1-2H3/b9-5+,14-6+,20-17+. The van der Waals surface area contributed by atoms with Crippen molar-refractivity contribution >= 4 is 17.8 Å². The van der Waals surface area contributed by atoms with E-state index in [9.17, 15) is 4.79 Å². The SMILES string of the molecule is CO/N=C1\CCCc2cccc(/C=C/CC/C=C/C(=O)OC)c21. The van der Waals surface area contributed by atoms with Crippen molar-refractivity contribution in [2.24, 2.45) is 5.16 Å². The molecule has 0 spiro atoms. The van der Waals surface area contributed by atoms with Crippen molar-refractivity contribution in [1.82, 2.24) is 0 Å². The molecule has 23 heavy (non-hydrogen) atoms. The van der Waals surface area contributed by atoms with Crippen molar-refractivity contribution in [1.29, 1.82) is 0 Å². The Morgan fingerprint density at radius 3 is 2.83 bits per heavy atom. The van der Waals surface area contributed by atoms with E-state index in [4.69, 9.17) is 4.84 Å². The van der Waals surface area contributed by atoms with Crippen molar-refractivity contribution in [3.05, 3.63) is 53.1 Å². The number of hydrogen-bond acceptors (Lipinski definition) is 4. The highest BCUT2D eigenvalue weighted by molar-refractivity contribution is 6.05. The van der Waals surface area contributed by atoms with E-state index in [2.05, 4.69) is 40.2 Å². The molecule has 0 radical (unpaired) electrons. The molecule has 1 aromatic carbocycles. The number of allylic oxidation sites excluding steroid dienone is 2. The Morgan fingerprint density at radius 2 is 2.04 bits per heavy atom. The number of oxime groups is 1. The molecule has 1 aliphatic rings. The molecule has 0 aromatic heterocycles. The number of hydrogen-bond donors (Lipinski definition) is 0. The normalized spacial score (nSPS) is 16.0. The number of carbonyl (C=O) groups is 1. The summed E-state index contributed by atoms with van der Waals surface area (Å²) in [5.74, 6) is -0.313. The van der Waals surface area contributed by atoms with Crippen LogP contribution in [0.4, 0.5) is 0 Å². The van der Waals surface area contributed by atoms with Crippen LogP contribution in [-0.2, 0) is 20.8 Å². The second-order valence-electron chi connectivity index (χ2n) is 5.36. The van der Waals surface area contributed by atoms with E-state index < -0.39 is 0 Å². The number of rotatable bonds is 6. The molecule has 0 atom stereocenters. The zero-order valence-electron chi connectivity index (χ0n) is 13.7. The number of carbonyl (C=O) groups excluding carboxylic acids is 1. The molecular weight excluding hydrogens is 290 g/mol. The highest BCUT2D eigenvalue weighted by Crippen LogP contribution is 2.26. The van der Waals surface area contributed by atoms with Crippen LogP contribution >= 0.6 is 0 Å². The van der Waals surface area contributed by atoms with Crippen molar-refractivity contribution in [2.45, 2.75) is 32.1 Å². The number of fused-ring (bicyclic) bond motifs is 1. The fraction of sp³-hybridized carbons (Fsp3) is 0.368. The molecule has 0 aliphatic heterocycles. The number of nitrogens with zero attached hydrogens (tertiary/aromatic N) is 1. The number of aryl methyl sites for hydroxylation is 1. The minimum atomic E-state index is -0.313. The summed E-state index contributed by atoms with van der Waals surface area (Å²) in [6.45, 7) is 0. The third kappa shape index (κ3) is 4.81. The van der Waals surface area contributed by atoms with Gasteiger partial charge in [-0.3, -0.25) is 0 Å². The molecule has 1 aromatic rings. The van der Waals surface area contributed by atoms with Crippen LogP contribution in [0.3, 0.4) is 0 Å². The first kappa shape index (κ1) is 17.0. The van der Waals surface area contributed by atoms with Crippen LogP contribution in [0.2, 0.25) is 0 Å². The van der Waals surface area contributed by atoms with Gasteiger partial charge in [0, 0.05) is 11.6 Å². The zero-order chi connectivity index (χ0) is 16.5. The van der Waals surface area contributed by atoms with Crippen molar-refractivity contribution in [3.8, 4) is 0 Å². The summed E-state index contributed by atoms with van der Waals surface area (Å²) in [7, 11) is 2.97. The molecule has 0 saturated heterocycles. The number of unbranched alkanes of at least 4 members (excludes halogenated alkanes) is 1. The van der Waals surface area contributed by atoms with E-state index in [-0.39, 0.29) is 5.97 Å². The molecule has 0 bridgehead atoms. The molecule has 0 N–H and O–H groups in total. The van der Waals surface area contributed by atoms with Crippen LogP contribution in [0.15, 0.2) is 41.6 Å². The third-order valence-corrected chi connectivity index (χ3v) is 3.79. The highest BCUT2D eigenvalue weighted by atomic mass is 16.6. The van der Waals surface area contributed by atoms with Crippen molar-refractivity contribution in [2.75, 3.05) is 14.2 Å². The Balaban J connectivity index is 2.06. The van der Waals surface area contributed by atoms with Gasteiger partial charge in [0.25, 0.3) is 0 Å². The first-order chi connectivity index (χ1) is 11.3. The van der Waals surface area contributed by atoms with Crippen LogP contribution in [-0.4, -0.2) is 25.9 Å². The predicted octanol–water partition coefficient (Wildman–Crippen LogP) is 3.90. The Bertz CT molecular complexity index is 630. The minimum Gasteiger partial charge on any atom is -0.466 e. The monoisotopic (exact) mass is 313 g/mol. The van der Waals surface area contributed by atoms with Crippen LogP contribution in [0, 0.1) is 0 Å². The molecule has 0 fully saturated rings. The molecule has 4 nitrogen and oxygen atoms in total. The average molecular weight is 313 g/mol. The quantitative estimate of drug-likeness (QED) is 0.346. The maximum atomic E-state index is 11.0. The summed E-state index contributed by atoms with van der Waals surface area (Å²) in [6.07, 6.45) is 12.4. The van der Waals surface area contributed by atoms with E-state index in [1.807, 2.05) is 6.08 Å². The number of benzene rings is 1. The maximum absolute atomic E-state index is 11.0. The second kappa shape index (κ2) is 8.93. The lowest BCUT2D eigenvalue weighted by atomic mass is 9.86. The third-order valence-electron chi connectivity index (χ3n) is 3.79. The van der Waals surface area contributed by atoms with Gasteiger partial charge < -0.3 is 9.57 Å². The van der Waals surface area contributed by atoms with Gasteiger partial charge in [-0.2, -0.15) is 0 Å².